The number of nitrogens with zero attached hydrogens (tertiary/aromatic N) is 2. The molecular formula is C21H22N4O3S. The zero-order chi connectivity index (χ0) is 20.6. The van der Waals surface area contributed by atoms with Gasteiger partial charge in [0.1, 0.15) is 10.8 Å². The molecule has 0 aliphatic heterocycles. The van der Waals surface area contributed by atoms with E-state index in [1.807, 2.05) is 38.1 Å². The molecule has 1 aromatic heterocycles. The smallest absolute Gasteiger partial charge is 0.286 e. The molecule has 0 unspecified atom stereocenters. The molecule has 3 rings (SSSR count). The molecule has 1 heterocycles. The second-order valence-electron chi connectivity index (χ2n) is 6.15. The van der Waals surface area contributed by atoms with Gasteiger partial charge in [0, 0.05) is 17.8 Å². The van der Waals surface area contributed by atoms with Gasteiger partial charge in [-0.2, -0.15) is 0 Å². The van der Waals surface area contributed by atoms with E-state index in [1.165, 1.54) is 11.3 Å². The van der Waals surface area contributed by atoms with Gasteiger partial charge in [0.15, 0.2) is 0 Å². The first kappa shape index (κ1) is 20.5. The molecule has 0 atom stereocenters. The molecule has 7 nitrogen and oxygen atoms in total. The van der Waals surface area contributed by atoms with E-state index in [2.05, 4.69) is 20.8 Å². The number of carbonyl (C=O) groups excluding carboxylic acids is 2. The van der Waals surface area contributed by atoms with Crippen molar-refractivity contribution in [3.8, 4) is 5.75 Å². The number of hydrogen-bond donors (Lipinski definition) is 2. The second-order valence-corrected chi connectivity index (χ2v) is 7.21. The zero-order valence-corrected chi connectivity index (χ0v) is 17.1. The summed E-state index contributed by atoms with van der Waals surface area (Å²) in [7, 11) is 0. The molecular weight excluding hydrogens is 388 g/mol. The first-order valence-electron chi connectivity index (χ1n) is 9.32. The molecule has 0 saturated heterocycles. The van der Waals surface area contributed by atoms with Crippen molar-refractivity contribution in [3.63, 3.8) is 0 Å². The fourth-order valence-electron chi connectivity index (χ4n) is 2.53. The van der Waals surface area contributed by atoms with E-state index in [9.17, 15) is 9.59 Å². The highest BCUT2D eigenvalue weighted by atomic mass is 32.1. The minimum atomic E-state index is -0.310. The summed E-state index contributed by atoms with van der Waals surface area (Å²) in [4.78, 5) is 24.5. The van der Waals surface area contributed by atoms with Gasteiger partial charge in [-0.15, -0.1) is 10.2 Å². The van der Waals surface area contributed by atoms with Crippen LogP contribution < -0.4 is 15.4 Å². The van der Waals surface area contributed by atoms with Crippen LogP contribution in [0.2, 0.25) is 0 Å². The molecule has 2 amide bonds. The number of aromatic nitrogens is 2. The summed E-state index contributed by atoms with van der Waals surface area (Å²) >= 11 is 1.27. The summed E-state index contributed by atoms with van der Waals surface area (Å²) in [6.45, 7) is 4.93. The van der Waals surface area contributed by atoms with Gasteiger partial charge in [-0.3, -0.25) is 9.59 Å². The van der Waals surface area contributed by atoms with Crippen LogP contribution in [0.3, 0.4) is 0 Å². The Morgan fingerprint density at radius 2 is 1.69 bits per heavy atom. The Morgan fingerprint density at radius 3 is 2.31 bits per heavy atom. The van der Waals surface area contributed by atoms with Crippen molar-refractivity contribution in [2.24, 2.45) is 0 Å². The topological polar surface area (TPSA) is 93.2 Å². The summed E-state index contributed by atoms with van der Waals surface area (Å²) in [5.41, 5.74) is 2.08. The Bertz CT molecular complexity index is 968. The lowest BCUT2D eigenvalue weighted by molar-refractivity contribution is 0.0950. The highest BCUT2D eigenvalue weighted by Crippen LogP contribution is 2.15. The van der Waals surface area contributed by atoms with Gasteiger partial charge < -0.3 is 15.4 Å². The number of carbonyl (C=O) groups is 2. The minimum absolute atomic E-state index is 0.187. The second kappa shape index (κ2) is 9.79. The quantitative estimate of drug-likeness (QED) is 0.591. The van der Waals surface area contributed by atoms with Crippen LogP contribution in [0.1, 0.15) is 44.6 Å². The van der Waals surface area contributed by atoms with Crippen molar-refractivity contribution in [2.75, 3.05) is 11.9 Å². The number of anilines is 1. The number of amides is 2. The summed E-state index contributed by atoms with van der Waals surface area (Å²) in [6.07, 6.45) is 0.741. The van der Waals surface area contributed by atoms with Crippen molar-refractivity contribution < 1.29 is 14.3 Å². The van der Waals surface area contributed by atoms with Crippen LogP contribution in [0.25, 0.3) is 0 Å². The van der Waals surface area contributed by atoms with Crippen LogP contribution >= 0.6 is 11.3 Å². The number of aryl methyl sites for hydroxylation is 1. The van der Waals surface area contributed by atoms with Crippen molar-refractivity contribution in [1.29, 1.82) is 0 Å². The molecule has 0 radical (unpaired) electrons. The number of benzene rings is 2. The molecule has 8 heteroatoms. The van der Waals surface area contributed by atoms with Gasteiger partial charge in [-0.1, -0.05) is 30.4 Å². The third-order valence-electron chi connectivity index (χ3n) is 4.06. The summed E-state index contributed by atoms with van der Waals surface area (Å²) in [5, 5.41) is 14.6. The fourth-order valence-corrected chi connectivity index (χ4v) is 3.21. The number of nitrogens with one attached hydrogen (secondary N) is 2. The van der Waals surface area contributed by atoms with E-state index >= 15 is 0 Å². The maximum atomic E-state index is 12.3. The van der Waals surface area contributed by atoms with Crippen molar-refractivity contribution in [1.82, 2.24) is 15.5 Å². The van der Waals surface area contributed by atoms with E-state index in [-0.39, 0.29) is 11.8 Å². The first-order valence-corrected chi connectivity index (χ1v) is 10.1. The SMILES string of the molecule is CCOc1ccc(CNC(=O)c2ccc(NC(=O)c3nnc(CC)s3)cc2)cc1. The highest BCUT2D eigenvalue weighted by Gasteiger charge is 2.13. The average molecular weight is 410 g/mol. The predicted octanol–water partition coefficient (Wildman–Crippen LogP) is 3.68. The van der Waals surface area contributed by atoms with Crippen LogP contribution in [0.5, 0.6) is 5.75 Å². The van der Waals surface area contributed by atoms with Gasteiger partial charge >= 0.3 is 0 Å². The summed E-state index contributed by atoms with van der Waals surface area (Å²) < 4.78 is 5.41. The Morgan fingerprint density at radius 1 is 0.966 bits per heavy atom. The van der Waals surface area contributed by atoms with E-state index in [4.69, 9.17) is 4.74 Å². The molecule has 29 heavy (non-hydrogen) atoms. The Labute approximate surface area is 173 Å². The molecule has 0 aliphatic rings. The number of ether oxygens (including phenoxy) is 1. The fraction of sp³-hybridized carbons (Fsp3) is 0.238. The number of hydrogen-bond acceptors (Lipinski definition) is 6. The zero-order valence-electron chi connectivity index (χ0n) is 16.3. The third-order valence-corrected chi connectivity index (χ3v) is 5.12. The van der Waals surface area contributed by atoms with Crippen LogP contribution in [-0.4, -0.2) is 28.6 Å². The normalized spacial score (nSPS) is 10.4. The van der Waals surface area contributed by atoms with Crippen LogP contribution in [-0.2, 0) is 13.0 Å². The standard InChI is InChI=1S/C21H22N4O3S/c1-3-18-24-25-21(29-18)20(27)23-16-9-7-15(8-10-16)19(26)22-13-14-5-11-17(12-6-14)28-4-2/h5-12H,3-4,13H2,1-2H3,(H,22,26)(H,23,27). The molecule has 0 fully saturated rings. The lowest BCUT2D eigenvalue weighted by Gasteiger charge is -2.08. The van der Waals surface area contributed by atoms with Crippen molar-refractivity contribution >= 4 is 28.8 Å². The van der Waals surface area contributed by atoms with Crippen molar-refractivity contribution in [3.05, 3.63) is 69.7 Å². The molecule has 0 spiro atoms. The van der Waals surface area contributed by atoms with E-state index in [0.29, 0.717) is 29.4 Å². The predicted molar refractivity (Wildman–Crippen MR) is 112 cm³/mol. The summed E-state index contributed by atoms with van der Waals surface area (Å²) in [6, 6.07) is 14.3. The minimum Gasteiger partial charge on any atom is -0.494 e. The van der Waals surface area contributed by atoms with Gasteiger partial charge in [-0.25, -0.2) is 0 Å². The van der Waals surface area contributed by atoms with Gasteiger partial charge in [0.25, 0.3) is 11.8 Å². The Balaban J connectivity index is 1.53. The van der Waals surface area contributed by atoms with Crippen LogP contribution in [0.15, 0.2) is 48.5 Å². The monoisotopic (exact) mass is 410 g/mol. The maximum absolute atomic E-state index is 12.3. The first-order chi connectivity index (χ1) is 14.1. The average Bonchev–Trinajstić information content (AvgIpc) is 3.23. The van der Waals surface area contributed by atoms with E-state index < -0.39 is 0 Å². The molecule has 2 aromatic carbocycles. The van der Waals surface area contributed by atoms with Gasteiger partial charge in [0.2, 0.25) is 5.01 Å². The lowest BCUT2D eigenvalue weighted by Crippen LogP contribution is -2.22. The summed E-state index contributed by atoms with van der Waals surface area (Å²) in [5.74, 6) is 0.308. The van der Waals surface area contributed by atoms with Crippen molar-refractivity contribution in [2.45, 2.75) is 26.8 Å². The molecule has 0 saturated carbocycles. The molecule has 150 valence electrons. The van der Waals surface area contributed by atoms with Gasteiger partial charge in [0.05, 0.1) is 6.61 Å². The van der Waals surface area contributed by atoms with Crippen LogP contribution in [0, 0.1) is 0 Å². The maximum Gasteiger partial charge on any atom is 0.286 e. The Kier molecular flexibility index (Phi) is 6.91. The molecule has 0 bridgehead atoms. The van der Waals surface area contributed by atoms with Gasteiger partial charge in [-0.05, 0) is 55.3 Å². The molecule has 2 N–H and O–H groups in total. The van der Waals surface area contributed by atoms with E-state index in [1.54, 1.807) is 24.3 Å². The number of rotatable bonds is 8. The Hall–Kier alpha value is -3.26. The molecule has 3 aromatic rings. The third kappa shape index (κ3) is 5.61. The lowest BCUT2D eigenvalue weighted by atomic mass is 10.1. The largest absolute Gasteiger partial charge is 0.494 e. The molecule has 0 aliphatic carbocycles. The highest BCUT2D eigenvalue weighted by molar-refractivity contribution is 7.13. The van der Waals surface area contributed by atoms with E-state index in [0.717, 1.165) is 22.7 Å². The van der Waals surface area contributed by atoms with Crippen LogP contribution in [0.4, 0.5) is 5.69 Å².